The van der Waals surface area contributed by atoms with Gasteiger partial charge >= 0.3 is 0 Å². The lowest BCUT2D eigenvalue weighted by Crippen LogP contribution is -2.65. The number of likely N-dealkylation sites (N-methyl/N-ethyl adjacent to an activating group) is 1. The van der Waals surface area contributed by atoms with Gasteiger partial charge in [-0.2, -0.15) is 0 Å². The molecule has 0 spiro atoms. The van der Waals surface area contributed by atoms with Crippen LogP contribution >= 0.6 is 0 Å². The minimum atomic E-state index is 0.196. The molecule has 4 heteroatoms. The van der Waals surface area contributed by atoms with Crippen LogP contribution in [0.15, 0.2) is 0 Å². The van der Waals surface area contributed by atoms with E-state index in [1.807, 2.05) is 0 Å². The van der Waals surface area contributed by atoms with Crippen LogP contribution in [0.1, 0.15) is 26.7 Å². The predicted octanol–water partition coefficient (Wildman–Crippen LogP) is 0.519. The van der Waals surface area contributed by atoms with Gasteiger partial charge in [0.15, 0.2) is 0 Å². The lowest BCUT2D eigenvalue weighted by atomic mass is 9.86. The summed E-state index contributed by atoms with van der Waals surface area (Å²) in [6, 6.07) is 1.23. The molecule has 0 aromatic carbocycles. The molecule has 2 N–H and O–H groups in total. The zero-order valence-electron chi connectivity index (χ0n) is 11.5. The van der Waals surface area contributed by atoms with Gasteiger partial charge in [-0.15, -0.1) is 0 Å². The highest BCUT2D eigenvalue weighted by molar-refractivity contribution is 4.98. The summed E-state index contributed by atoms with van der Waals surface area (Å²) in [7, 11) is 2.23. The van der Waals surface area contributed by atoms with Crippen LogP contribution < -0.4 is 5.73 Å². The Morgan fingerprint density at radius 3 is 2.18 bits per heavy atom. The van der Waals surface area contributed by atoms with Gasteiger partial charge in [0.25, 0.3) is 0 Å². The number of hydrogen-bond acceptors (Lipinski definition) is 4. The Bertz CT molecular complexity index is 241. The van der Waals surface area contributed by atoms with Gasteiger partial charge in [-0.05, 0) is 33.7 Å². The second-order valence-electron chi connectivity index (χ2n) is 5.81. The fraction of sp³-hybridized carbons (Fsp3) is 1.00. The summed E-state index contributed by atoms with van der Waals surface area (Å²) in [5.41, 5.74) is 6.28. The minimum Gasteiger partial charge on any atom is -0.381 e. The van der Waals surface area contributed by atoms with E-state index in [1.165, 1.54) is 0 Å². The highest BCUT2D eigenvalue weighted by Crippen LogP contribution is 2.30. The molecule has 2 atom stereocenters. The van der Waals surface area contributed by atoms with Crippen LogP contribution in [0.4, 0.5) is 0 Å². The van der Waals surface area contributed by atoms with Crippen molar-refractivity contribution in [2.45, 2.75) is 44.3 Å². The highest BCUT2D eigenvalue weighted by Gasteiger charge is 2.41. The number of piperazine rings is 1. The molecule has 0 amide bonds. The first-order chi connectivity index (χ1) is 8.09. The molecule has 2 unspecified atom stereocenters. The molecule has 0 aliphatic carbocycles. The summed E-state index contributed by atoms with van der Waals surface area (Å²) in [5.74, 6) is 0. The summed E-state index contributed by atoms with van der Waals surface area (Å²) in [4.78, 5) is 5.10. The van der Waals surface area contributed by atoms with E-state index in [0.717, 1.165) is 45.7 Å². The Balaban J connectivity index is 2.09. The van der Waals surface area contributed by atoms with E-state index < -0.39 is 0 Å². The lowest BCUT2D eigenvalue weighted by molar-refractivity contribution is -0.0637. The quantitative estimate of drug-likeness (QED) is 0.765. The van der Waals surface area contributed by atoms with E-state index in [4.69, 9.17) is 10.5 Å². The van der Waals surface area contributed by atoms with Gasteiger partial charge in [-0.25, -0.2) is 0 Å². The third-order valence-electron chi connectivity index (χ3n) is 4.83. The molecule has 2 rings (SSSR count). The number of hydrogen-bond donors (Lipinski definition) is 1. The van der Waals surface area contributed by atoms with Crippen molar-refractivity contribution in [3.05, 3.63) is 0 Å². The molecule has 0 saturated carbocycles. The average molecular weight is 241 g/mol. The maximum Gasteiger partial charge on any atom is 0.0484 e. The molecule has 4 nitrogen and oxygen atoms in total. The van der Waals surface area contributed by atoms with E-state index in [-0.39, 0.29) is 5.54 Å². The largest absolute Gasteiger partial charge is 0.381 e. The topological polar surface area (TPSA) is 41.7 Å². The molecule has 17 heavy (non-hydrogen) atoms. The van der Waals surface area contributed by atoms with Crippen LogP contribution in [-0.4, -0.2) is 67.3 Å². The van der Waals surface area contributed by atoms with Crippen LogP contribution in [0, 0.1) is 0 Å². The second-order valence-corrected chi connectivity index (χ2v) is 5.81. The highest BCUT2D eigenvalue weighted by atomic mass is 16.5. The summed E-state index contributed by atoms with van der Waals surface area (Å²) in [6.07, 6.45) is 2.18. The molecule has 0 radical (unpaired) electrons. The molecule has 2 heterocycles. The summed E-state index contributed by atoms with van der Waals surface area (Å²) >= 11 is 0. The zero-order valence-corrected chi connectivity index (χ0v) is 11.5. The predicted molar refractivity (Wildman–Crippen MR) is 70.1 cm³/mol. The Labute approximate surface area is 105 Å². The van der Waals surface area contributed by atoms with Crippen molar-refractivity contribution < 1.29 is 4.74 Å². The van der Waals surface area contributed by atoms with Crippen molar-refractivity contribution in [1.82, 2.24) is 9.80 Å². The monoisotopic (exact) mass is 241 g/mol. The first-order valence-electron chi connectivity index (χ1n) is 6.84. The van der Waals surface area contributed by atoms with Gasteiger partial charge in [0, 0.05) is 50.5 Å². The standard InChI is InChI=1S/C13H27N3O/c1-11-8-16(9-12(2)15(11)3)13(10-14)4-6-17-7-5-13/h11-12H,4-10,14H2,1-3H3. The van der Waals surface area contributed by atoms with E-state index in [0.29, 0.717) is 12.1 Å². The number of nitrogens with two attached hydrogens (primary N) is 1. The van der Waals surface area contributed by atoms with Crippen molar-refractivity contribution in [3.63, 3.8) is 0 Å². The van der Waals surface area contributed by atoms with E-state index in [9.17, 15) is 0 Å². The van der Waals surface area contributed by atoms with Crippen LogP contribution in [-0.2, 0) is 4.74 Å². The maximum atomic E-state index is 6.08. The molecule has 2 fully saturated rings. The summed E-state index contributed by atoms with van der Waals surface area (Å²) < 4.78 is 5.50. The van der Waals surface area contributed by atoms with Crippen LogP contribution in [0.3, 0.4) is 0 Å². The van der Waals surface area contributed by atoms with Crippen LogP contribution in [0.5, 0.6) is 0 Å². The van der Waals surface area contributed by atoms with E-state index >= 15 is 0 Å². The zero-order chi connectivity index (χ0) is 12.5. The van der Waals surface area contributed by atoms with Crippen LogP contribution in [0.2, 0.25) is 0 Å². The average Bonchev–Trinajstić information content (AvgIpc) is 2.36. The van der Waals surface area contributed by atoms with Gasteiger partial charge in [-0.3, -0.25) is 9.80 Å². The third kappa shape index (κ3) is 2.50. The Morgan fingerprint density at radius 1 is 1.18 bits per heavy atom. The van der Waals surface area contributed by atoms with Crippen molar-refractivity contribution in [1.29, 1.82) is 0 Å². The maximum absolute atomic E-state index is 6.08. The number of nitrogens with zero attached hydrogens (tertiary/aromatic N) is 2. The Hall–Kier alpha value is -0.160. The van der Waals surface area contributed by atoms with Gasteiger partial charge in [-0.1, -0.05) is 0 Å². The lowest BCUT2D eigenvalue weighted by Gasteiger charge is -2.52. The molecule has 100 valence electrons. The van der Waals surface area contributed by atoms with E-state index in [2.05, 4.69) is 30.7 Å². The molecule has 2 aliphatic rings. The molecule has 2 saturated heterocycles. The first-order valence-corrected chi connectivity index (χ1v) is 6.84. The van der Waals surface area contributed by atoms with Gasteiger partial charge in [0.2, 0.25) is 0 Å². The van der Waals surface area contributed by atoms with Crippen molar-refractivity contribution in [2.75, 3.05) is 39.9 Å². The SMILES string of the molecule is CC1CN(C2(CN)CCOCC2)CC(C)N1C. The smallest absolute Gasteiger partial charge is 0.0484 e. The Kier molecular flexibility index (Phi) is 4.08. The third-order valence-corrected chi connectivity index (χ3v) is 4.83. The molecule has 0 bridgehead atoms. The van der Waals surface area contributed by atoms with Crippen molar-refractivity contribution in [3.8, 4) is 0 Å². The van der Waals surface area contributed by atoms with Crippen molar-refractivity contribution >= 4 is 0 Å². The summed E-state index contributed by atoms with van der Waals surface area (Å²) in [6.45, 7) is 9.40. The van der Waals surface area contributed by atoms with Gasteiger partial charge in [0.05, 0.1) is 0 Å². The van der Waals surface area contributed by atoms with Crippen molar-refractivity contribution in [2.24, 2.45) is 5.73 Å². The van der Waals surface area contributed by atoms with Gasteiger partial charge in [0.1, 0.15) is 0 Å². The molecule has 2 aliphatic heterocycles. The minimum absolute atomic E-state index is 0.196. The van der Waals surface area contributed by atoms with E-state index in [1.54, 1.807) is 0 Å². The first kappa shape index (κ1) is 13.3. The fourth-order valence-electron chi connectivity index (χ4n) is 3.19. The molecular formula is C13H27N3O. The fourth-order valence-corrected chi connectivity index (χ4v) is 3.19. The number of rotatable bonds is 2. The summed E-state index contributed by atoms with van der Waals surface area (Å²) in [5, 5.41) is 0. The Morgan fingerprint density at radius 2 is 1.71 bits per heavy atom. The number of ether oxygens (including phenoxy) is 1. The molecule has 0 aromatic heterocycles. The second kappa shape index (κ2) is 5.22. The molecular weight excluding hydrogens is 214 g/mol. The van der Waals surface area contributed by atoms with Gasteiger partial charge < -0.3 is 10.5 Å². The normalized spacial score (nSPS) is 36.0. The van der Waals surface area contributed by atoms with Crippen LogP contribution in [0.25, 0.3) is 0 Å². The molecule has 0 aromatic rings.